The van der Waals surface area contributed by atoms with Crippen LogP contribution < -0.4 is 5.32 Å². The first kappa shape index (κ1) is 22.4. The van der Waals surface area contributed by atoms with Crippen molar-refractivity contribution in [2.24, 2.45) is 0 Å². The molecule has 0 saturated carbocycles. The summed E-state index contributed by atoms with van der Waals surface area (Å²) in [5, 5.41) is 2.75. The van der Waals surface area contributed by atoms with Crippen molar-refractivity contribution in [1.29, 1.82) is 0 Å². The molecule has 162 valence electrons. The molecule has 0 aliphatic carbocycles. The Kier molecular flexibility index (Phi) is 6.38. The number of hydrogen-bond donors (Lipinski definition) is 1. The molecular weight excluding hydrogens is 420 g/mol. The highest BCUT2D eigenvalue weighted by Crippen LogP contribution is 2.38. The molecule has 0 bridgehead atoms. The van der Waals surface area contributed by atoms with Crippen LogP contribution in [0.5, 0.6) is 0 Å². The number of nitrogens with one attached hydrogen (secondary N) is 1. The molecule has 0 spiro atoms. The predicted molar refractivity (Wildman–Crippen MR) is 104 cm³/mol. The summed E-state index contributed by atoms with van der Waals surface area (Å²) in [5.74, 6) is -0.255. The van der Waals surface area contributed by atoms with Crippen molar-refractivity contribution in [2.75, 3.05) is 0 Å². The highest BCUT2D eigenvalue weighted by molar-refractivity contribution is 5.79. The molecule has 0 heterocycles. The standard InChI is InChI=1S/C23H17F6NO/c24-22(25,26)19-11-18(12-20(13-19)23(27,28)29)17-8-6-15(7-9-17)10-21(31)30-14-16-4-2-1-3-5-16/h1-9,11-13H,10,14H2,(H,30,31). The van der Waals surface area contributed by atoms with E-state index in [0.29, 0.717) is 24.2 Å². The van der Waals surface area contributed by atoms with E-state index in [2.05, 4.69) is 5.32 Å². The number of alkyl halides is 6. The van der Waals surface area contributed by atoms with Crippen molar-refractivity contribution in [1.82, 2.24) is 5.32 Å². The first-order valence-corrected chi connectivity index (χ1v) is 9.22. The van der Waals surface area contributed by atoms with E-state index in [-0.39, 0.29) is 29.5 Å². The molecular formula is C23H17F6NO. The lowest BCUT2D eigenvalue weighted by atomic mass is 9.98. The average molecular weight is 437 g/mol. The van der Waals surface area contributed by atoms with Gasteiger partial charge in [-0.25, -0.2) is 0 Å². The molecule has 3 rings (SSSR count). The van der Waals surface area contributed by atoms with Crippen molar-refractivity contribution in [3.8, 4) is 11.1 Å². The Morgan fingerprint density at radius 1 is 0.677 bits per heavy atom. The Morgan fingerprint density at radius 3 is 1.74 bits per heavy atom. The Bertz CT molecular complexity index is 1010. The molecule has 0 aromatic heterocycles. The van der Waals surface area contributed by atoms with Gasteiger partial charge in [-0.05, 0) is 40.5 Å². The summed E-state index contributed by atoms with van der Waals surface area (Å²) in [6.07, 6.45) is -9.79. The smallest absolute Gasteiger partial charge is 0.352 e. The zero-order valence-corrected chi connectivity index (χ0v) is 16.0. The molecule has 0 fully saturated rings. The molecule has 1 amide bonds. The van der Waals surface area contributed by atoms with Crippen molar-refractivity contribution in [3.05, 3.63) is 95.1 Å². The van der Waals surface area contributed by atoms with Gasteiger partial charge < -0.3 is 5.32 Å². The summed E-state index contributed by atoms with van der Waals surface area (Å²) in [6.45, 7) is 0.349. The van der Waals surface area contributed by atoms with E-state index in [0.717, 1.165) is 5.56 Å². The van der Waals surface area contributed by atoms with Crippen LogP contribution in [0.25, 0.3) is 11.1 Å². The highest BCUT2D eigenvalue weighted by Gasteiger charge is 2.37. The second-order valence-corrected chi connectivity index (χ2v) is 6.93. The van der Waals surface area contributed by atoms with Crippen LogP contribution in [-0.2, 0) is 30.1 Å². The van der Waals surface area contributed by atoms with E-state index >= 15 is 0 Å². The molecule has 8 heteroatoms. The summed E-state index contributed by atoms with van der Waals surface area (Å²) >= 11 is 0. The van der Waals surface area contributed by atoms with Crippen LogP contribution in [-0.4, -0.2) is 5.91 Å². The first-order chi connectivity index (χ1) is 14.5. The van der Waals surface area contributed by atoms with Gasteiger partial charge in [0.25, 0.3) is 0 Å². The van der Waals surface area contributed by atoms with Gasteiger partial charge in [0.15, 0.2) is 0 Å². The zero-order valence-electron chi connectivity index (χ0n) is 16.0. The van der Waals surface area contributed by atoms with Gasteiger partial charge >= 0.3 is 12.4 Å². The van der Waals surface area contributed by atoms with E-state index in [1.165, 1.54) is 24.3 Å². The molecule has 0 saturated heterocycles. The maximum Gasteiger partial charge on any atom is 0.416 e. The lowest BCUT2D eigenvalue weighted by Gasteiger charge is -2.14. The van der Waals surface area contributed by atoms with Crippen molar-refractivity contribution in [3.63, 3.8) is 0 Å². The summed E-state index contributed by atoms with van der Waals surface area (Å²) in [7, 11) is 0. The Balaban J connectivity index is 1.75. The number of rotatable bonds is 5. The topological polar surface area (TPSA) is 29.1 Å². The molecule has 0 aliphatic heterocycles. The minimum absolute atomic E-state index is 0.0313. The summed E-state index contributed by atoms with van der Waals surface area (Å²) in [5.41, 5.74) is -1.26. The van der Waals surface area contributed by atoms with Crippen molar-refractivity contribution < 1.29 is 31.1 Å². The van der Waals surface area contributed by atoms with E-state index < -0.39 is 23.5 Å². The summed E-state index contributed by atoms with van der Waals surface area (Å²) in [4.78, 5) is 12.1. The Labute approximate surface area is 174 Å². The second-order valence-electron chi connectivity index (χ2n) is 6.93. The summed E-state index contributed by atoms with van der Waals surface area (Å²) < 4.78 is 78.3. The molecule has 0 atom stereocenters. The van der Waals surface area contributed by atoms with E-state index in [4.69, 9.17) is 0 Å². The van der Waals surface area contributed by atoms with Gasteiger partial charge in [-0.15, -0.1) is 0 Å². The SMILES string of the molecule is O=C(Cc1ccc(-c2cc(C(F)(F)F)cc(C(F)(F)F)c2)cc1)NCc1ccccc1. The fourth-order valence-corrected chi connectivity index (χ4v) is 2.98. The largest absolute Gasteiger partial charge is 0.416 e. The monoisotopic (exact) mass is 437 g/mol. The molecule has 0 aliphatic rings. The maximum absolute atomic E-state index is 13.0. The molecule has 0 unspecified atom stereocenters. The third kappa shape index (κ3) is 6.10. The van der Waals surface area contributed by atoms with Crippen LogP contribution in [0.4, 0.5) is 26.3 Å². The van der Waals surface area contributed by atoms with Crippen LogP contribution in [0, 0.1) is 0 Å². The van der Waals surface area contributed by atoms with E-state index in [9.17, 15) is 31.1 Å². The molecule has 3 aromatic carbocycles. The van der Waals surface area contributed by atoms with Crippen LogP contribution in [0.15, 0.2) is 72.8 Å². The molecule has 0 radical (unpaired) electrons. The Morgan fingerprint density at radius 2 is 1.23 bits per heavy atom. The Hall–Kier alpha value is -3.29. The second kappa shape index (κ2) is 8.83. The lowest BCUT2D eigenvalue weighted by Crippen LogP contribution is -2.24. The van der Waals surface area contributed by atoms with Crippen LogP contribution in [0.3, 0.4) is 0 Å². The fourth-order valence-electron chi connectivity index (χ4n) is 2.98. The van der Waals surface area contributed by atoms with Gasteiger partial charge in [-0.2, -0.15) is 26.3 Å². The average Bonchev–Trinajstić information content (AvgIpc) is 2.72. The maximum atomic E-state index is 13.0. The van der Waals surface area contributed by atoms with Gasteiger partial charge in [-0.1, -0.05) is 54.6 Å². The van der Waals surface area contributed by atoms with E-state index in [1.807, 2.05) is 30.3 Å². The van der Waals surface area contributed by atoms with Gasteiger partial charge in [-0.3, -0.25) is 4.79 Å². The normalized spacial score (nSPS) is 11.9. The van der Waals surface area contributed by atoms with Gasteiger partial charge in [0.2, 0.25) is 5.91 Å². The van der Waals surface area contributed by atoms with Crippen LogP contribution in [0.2, 0.25) is 0 Å². The molecule has 31 heavy (non-hydrogen) atoms. The number of hydrogen-bond acceptors (Lipinski definition) is 1. The van der Waals surface area contributed by atoms with E-state index in [1.54, 1.807) is 0 Å². The quantitative estimate of drug-likeness (QED) is 0.470. The minimum Gasteiger partial charge on any atom is -0.352 e. The number of carbonyl (C=O) groups excluding carboxylic acids is 1. The fraction of sp³-hybridized carbons (Fsp3) is 0.174. The zero-order chi connectivity index (χ0) is 22.6. The van der Waals surface area contributed by atoms with Crippen molar-refractivity contribution in [2.45, 2.75) is 25.3 Å². The number of benzene rings is 3. The van der Waals surface area contributed by atoms with Gasteiger partial charge in [0.1, 0.15) is 0 Å². The molecule has 1 N–H and O–H groups in total. The first-order valence-electron chi connectivity index (χ1n) is 9.22. The third-order valence-corrected chi connectivity index (χ3v) is 4.57. The van der Waals surface area contributed by atoms with Crippen LogP contribution >= 0.6 is 0 Å². The summed E-state index contributed by atoms with van der Waals surface area (Å²) in [6, 6.07) is 16.5. The third-order valence-electron chi connectivity index (χ3n) is 4.57. The molecule has 2 nitrogen and oxygen atoms in total. The highest BCUT2D eigenvalue weighted by atomic mass is 19.4. The predicted octanol–water partition coefficient (Wildman–Crippen LogP) is 6.25. The van der Waals surface area contributed by atoms with Crippen LogP contribution in [0.1, 0.15) is 22.3 Å². The van der Waals surface area contributed by atoms with Gasteiger partial charge in [0.05, 0.1) is 17.5 Å². The lowest BCUT2D eigenvalue weighted by molar-refractivity contribution is -0.143. The van der Waals surface area contributed by atoms with Crippen molar-refractivity contribution >= 4 is 5.91 Å². The number of carbonyl (C=O) groups is 1. The number of amides is 1. The minimum atomic E-state index is -4.91. The van der Waals surface area contributed by atoms with Gasteiger partial charge in [0, 0.05) is 6.54 Å². The molecule has 3 aromatic rings. The number of halogens is 6.